The molecule has 1 amide bonds. The van der Waals surface area contributed by atoms with Gasteiger partial charge in [0.05, 0.1) is 13.2 Å². The van der Waals surface area contributed by atoms with Crippen LogP contribution in [0.25, 0.3) is 0 Å². The van der Waals surface area contributed by atoms with Crippen molar-refractivity contribution in [3.63, 3.8) is 0 Å². The van der Waals surface area contributed by atoms with Crippen molar-refractivity contribution in [3.8, 4) is 0 Å². The smallest absolute Gasteiger partial charge is 0.294 e. The van der Waals surface area contributed by atoms with Crippen molar-refractivity contribution in [3.05, 3.63) is 47.7 Å². The fraction of sp³-hybridized carbons (Fsp3) is 0.389. The first kappa shape index (κ1) is 18.6. The normalized spacial score (nSPS) is 15.8. The number of furan rings is 1. The highest BCUT2D eigenvalue weighted by Crippen LogP contribution is 2.24. The first-order valence-corrected chi connectivity index (χ1v) is 9.94. The van der Waals surface area contributed by atoms with Crippen molar-refractivity contribution in [2.24, 2.45) is 0 Å². The molecule has 8 heteroatoms. The molecule has 0 spiro atoms. The van der Waals surface area contributed by atoms with Gasteiger partial charge in [0.1, 0.15) is 0 Å². The number of para-hydroxylation sites is 1. The molecule has 0 unspecified atom stereocenters. The van der Waals surface area contributed by atoms with Gasteiger partial charge in [0.25, 0.3) is 15.9 Å². The zero-order valence-corrected chi connectivity index (χ0v) is 15.7. The Hall–Kier alpha value is -2.16. The van der Waals surface area contributed by atoms with E-state index in [4.69, 9.17) is 9.15 Å². The van der Waals surface area contributed by atoms with Gasteiger partial charge in [-0.2, -0.15) is 4.31 Å². The highest BCUT2D eigenvalue weighted by atomic mass is 32.2. The number of carbonyl (C=O) groups is 1. The van der Waals surface area contributed by atoms with Crippen molar-refractivity contribution in [1.29, 1.82) is 0 Å². The van der Waals surface area contributed by atoms with Crippen molar-refractivity contribution < 1.29 is 22.4 Å². The van der Waals surface area contributed by atoms with Crippen LogP contribution in [0.2, 0.25) is 0 Å². The zero-order valence-electron chi connectivity index (χ0n) is 14.8. The summed E-state index contributed by atoms with van der Waals surface area (Å²) in [4.78, 5) is 14.4. The number of ether oxygens (including phenoxy) is 1. The lowest BCUT2D eigenvalue weighted by Crippen LogP contribution is -2.40. The second-order valence-electron chi connectivity index (χ2n) is 5.97. The maximum absolute atomic E-state index is 12.8. The van der Waals surface area contributed by atoms with Crippen LogP contribution in [0.3, 0.4) is 0 Å². The second kappa shape index (κ2) is 7.61. The van der Waals surface area contributed by atoms with Gasteiger partial charge >= 0.3 is 0 Å². The van der Waals surface area contributed by atoms with Crippen molar-refractivity contribution in [1.82, 2.24) is 4.31 Å². The van der Waals surface area contributed by atoms with Gasteiger partial charge in [0.15, 0.2) is 5.76 Å². The number of amides is 1. The van der Waals surface area contributed by atoms with E-state index in [0.29, 0.717) is 19.8 Å². The number of hydrogen-bond donors (Lipinski definition) is 0. The molecule has 26 heavy (non-hydrogen) atoms. The molecule has 0 atom stereocenters. The average molecular weight is 378 g/mol. The summed E-state index contributed by atoms with van der Waals surface area (Å²) >= 11 is 0. The number of rotatable bonds is 5. The molecule has 1 aromatic carbocycles. The van der Waals surface area contributed by atoms with Crippen LogP contribution < -0.4 is 4.90 Å². The number of hydrogen-bond acceptors (Lipinski definition) is 5. The van der Waals surface area contributed by atoms with E-state index < -0.39 is 10.0 Å². The SMILES string of the molecule is CCN(C(=O)c1ccc(S(=O)(=O)N2CCOCC2)o1)c1ccccc1C. The summed E-state index contributed by atoms with van der Waals surface area (Å²) in [5.74, 6) is -0.368. The molecule has 2 aromatic rings. The number of morpholine rings is 1. The van der Waals surface area contributed by atoms with E-state index in [1.807, 2.05) is 38.1 Å². The molecule has 1 aromatic heterocycles. The van der Waals surface area contributed by atoms with Gasteiger partial charge in [-0.3, -0.25) is 4.79 Å². The number of aryl methyl sites for hydroxylation is 1. The van der Waals surface area contributed by atoms with Gasteiger partial charge in [-0.05, 0) is 37.6 Å². The molecule has 0 N–H and O–H groups in total. The first-order chi connectivity index (χ1) is 12.4. The fourth-order valence-electron chi connectivity index (χ4n) is 2.91. The predicted octanol–water partition coefficient (Wildman–Crippen LogP) is 2.28. The second-order valence-corrected chi connectivity index (χ2v) is 7.84. The lowest BCUT2D eigenvalue weighted by Gasteiger charge is -2.25. The number of carbonyl (C=O) groups excluding carboxylic acids is 1. The minimum Gasteiger partial charge on any atom is -0.438 e. The quantitative estimate of drug-likeness (QED) is 0.797. The summed E-state index contributed by atoms with van der Waals surface area (Å²) in [5, 5.41) is -0.219. The third kappa shape index (κ3) is 3.53. The fourth-order valence-corrected chi connectivity index (χ4v) is 4.23. The maximum atomic E-state index is 12.8. The molecule has 0 bridgehead atoms. The van der Waals surface area contributed by atoms with E-state index in [-0.39, 0.29) is 29.8 Å². The molecule has 1 aliphatic heterocycles. The third-order valence-electron chi connectivity index (χ3n) is 4.32. The summed E-state index contributed by atoms with van der Waals surface area (Å²) in [5.41, 5.74) is 1.73. The van der Waals surface area contributed by atoms with E-state index in [1.54, 1.807) is 4.90 Å². The lowest BCUT2D eigenvalue weighted by molar-refractivity contribution is 0.0723. The zero-order chi connectivity index (χ0) is 18.7. The third-order valence-corrected chi connectivity index (χ3v) is 6.10. The molecule has 0 radical (unpaired) electrons. The lowest BCUT2D eigenvalue weighted by atomic mass is 10.1. The molecular formula is C18H22N2O5S. The summed E-state index contributed by atoms with van der Waals surface area (Å²) in [6.07, 6.45) is 0. The van der Waals surface area contributed by atoms with Gasteiger partial charge in [-0.25, -0.2) is 8.42 Å². The summed E-state index contributed by atoms with van der Waals surface area (Å²) in [6.45, 7) is 5.47. The molecule has 7 nitrogen and oxygen atoms in total. The monoisotopic (exact) mass is 378 g/mol. The molecule has 140 valence electrons. The van der Waals surface area contributed by atoms with Crippen LogP contribution in [0.15, 0.2) is 45.9 Å². The van der Waals surface area contributed by atoms with Crippen molar-refractivity contribution in [2.45, 2.75) is 18.9 Å². The molecule has 1 saturated heterocycles. The molecule has 0 aliphatic carbocycles. The van der Waals surface area contributed by atoms with E-state index >= 15 is 0 Å². The Morgan fingerprint density at radius 2 is 1.85 bits per heavy atom. The average Bonchev–Trinajstić information content (AvgIpc) is 3.15. The minimum absolute atomic E-state index is 0.00179. The van der Waals surface area contributed by atoms with Crippen LogP contribution in [0.4, 0.5) is 5.69 Å². The summed E-state index contributed by atoms with van der Waals surface area (Å²) in [7, 11) is -3.76. The Labute approximate surface area is 153 Å². The highest BCUT2D eigenvalue weighted by molar-refractivity contribution is 7.89. The first-order valence-electron chi connectivity index (χ1n) is 8.50. The van der Waals surface area contributed by atoms with Crippen LogP contribution in [0, 0.1) is 6.92 Å². The molecule has 0 saturated carbocycles. The van der Waals surface area contributed by atoms with Crippen LogP contribution >= 0.6 is 0 Å². The van der Waals surface area contributed by atoms with E-state index in [1.165, 1.54) is 16.4 Å². The maximum Gasteiger partial charge on any atom is 0.294 e. The molecule has 2 heterocycles. The van der Waals surface area contributed by atoms with Crippen LogP contribution in [0.5, 0.6) is 0 Å². The van der Waals surface area contributed by atoms with Gasteiger partial charge in [0.2, 0.25) is 5.09 Å². The molecule has 3 rings (SSSR count). The largest absolute Gasteiger partial charge is 0.438 e. The van der Waals surface area contributed by atoms with E-state index in [9.17, 15) is 13.2 Å². The highest BCUT2D eigenvalue weighted by Gasteiger charge is 2.31. The standard InChI is InChI=1S/C18H22N2O5S/c1-3-20(15-7-5-4-6-14(15)2)18(21)16-8-9-17(25-16)26(22,23)19-10-12-24-13-11-19/h4-9H,3,10-13H2,1-2H3. The summed E-state index contributed by atoms with van der Waals surface area (Å²) in [6, 6.07) is 10.3. The molecule has 1 aliphatic rings. The van der Waals surface area contributed by atoms with E-state index in [0.717, 1.165) is 11.3 Å². The number of anilines is 1. The topological polar surface area (TPSA) is 80.1 Å². The van der Waals surface area contributed by atoms with Crippen molar-refractivity contribution >= 4 is 21.6 Å². The Morgan fingerprint density at radius 3 is 2.50 bits per heavy atom. The predicted molar refractivity (Wildman–Crippen MR) is 96.8 cm³/mol. The van der Waals surface area contributed by atoms with E-state index in [2.05, 4.69) is 0 Å². The van der Waals surface area contributed by atoms with Crippen LogP contribution in [-0.2, 0) is 14.8 Å². The van der Waals surface area contributed by atoms with Crippen LogP contribution in [-0.4, -0.2) is 51.5 Å². The van der Waals surface area contributed by atoms with Crippen molar-refractivity contribution in [2.75, 3.05) is 37.7 Å². The van der Waals surface area contributed by atoms with Gasteiger partial charge < -0.3 is 14.1 Å². The Kier molecular flexibility index (Phi) is 5.45. The molecule has 1 fully saturated rings. The van der Waals surface area contributed by atoms with Gasteiger partial charge in [-0.1, -0.05) is 18.2 Å². The number of benzene rings is 1. The van der Waals surface area contributed by atoms with Crippen LogP contribution in [0.1, 0.15) is 23.0 Å². The van der Waals surface area contributed by atoms with Gasteiger partial charge in [0, 0.05) is 25.3 Å². The number of sulfonamides is 1. The Balaban J connectivity index is 1.86. The van der Waals surface area contributed by atoms with Gasteiger partial charge in [-0.15, -0.1) is 0 Å². The Morgan fingerprint density at radius 1 is 1.15 bits per heavy atom. The summed E-state index contributed by atoms with van der Waals surface area (Å²) < 4.78 is 37.2. The Bertz CT molecular complexity index is 884. The minimum atomic E-state index is -3.76. The number of nitrogens with zero attached hydrogens (tertiary/aromatic N) is 2. The molecular weight excluding hydrogens is 356 g/mol.